The van der Waals surface area contributed by atoms with Crippen LogP contribution in [0.1, 0.15) is 11.4 Å². The molecular formula is C14H11N3OS. The second kappa shape index (κ2) is 4.78. The third-order valence-electron chi connectivity index (χ3n) is 2.78. The molecular weight excluding hydrogens is 258 g/mol. The van der Waals surface area contributed by atoms with Crippen molar-refractivity contribution in [2.24, 2.45) is 5.10 Å². The maximum atomic E-state index is 12.3. The van der Waals surface area contributed by atoms with Gasteiger partial charge in [0.25, 0.3) is 5.56 Å². The lowest BCUT2D eigenvalue weighted by molar-refractivity contribution is 0.771. The first-order chi connectivity index (χ1) is 9.25. The fraction of sp³-hybridized carbons (Fsp3) is 0.0714. The highest BCUT2D eigenvalue weighted by Crippen LogP contribution is 2.07. The van der Waals surface area contributed by atoms with Crippen molar-refractivity contribution in [1.29, 1.82) is 0 Å². The van der Waals surface area contributed by atoms with E-state index in [1.165, 1.54) is 4.68 Å². The number of fused-ring (bicyclic) bond motifs is 1. The monoisotopic (exact) mass is 269 g/mol. The highest BCUT2D eigenvalue weighted by molar-refractivity contribution is 7.08. The van der Waals surface area contributed by atoms with Crippen LogP contribution < -0.4 is 5.56 Å². The van der Waals surface area contributed by atoms with Crippen LogP contribution in [-0.4, -0.2) is 15.9 Å². The van der Waals surface area contributed by atoms with Crippen molar-refractivity contribution in [3.63, 3.8) is 0 Å². The summed E-state index contributed by atoms with van der Waals surface area (Å²) in [5.74, 6) is 0.579. The summed E-state index contributed by atoms with van der Waals surface area (Å²) in [5.41, 5.74) is 1.53. The number of aryl methyl sites for hydroxylation is 1. The van der Waals surface area contributed by atoms with Gasteiger partial charge in [-0.1, -0.05) is 12.1 Å². The first kappa shape index (κ1) is 11.8. The third-order valence-corrected chi connectivity index (χ3v) is 3.48. The Labute approximate surface area is 113 Å². The zero-order valence-corrected chi connectivity index (χ0v) is 11.1. The molecule has 0 unspecified atom stereocenters. The van der Waals surface area contributed by atoms with Crippen molar-refractivity contribution in [3.05, 3.63) is 62.8 Å². The fourth-order valence-electron chi connectivity index (χ4n) is 1.84. The van der Waals surface area contributed by atoms with Gasteiger partial charge >= 0.3 is 0 Å². The Hall–Kier alpha value is -2.27. The van der Waals surface area contributed by atoms with Gasteiger partial charge in [0.05, 0.1) is 17.1 Å². The van der Waals surface area contributed by atoms with Gasteiger partial charge in [-0.2, -0.15) is 21.1 Å². The molecule has 0 fully saturated rings. The quantitative estimate of drug-likeness (QED) is 0.671. The molecule has 0 bridgehead atoms. The molecule has 0 N–H and O–H groups in total. The number of rotatable bonds is 2. The Balaban J connectivity index is 2.16. The van der Waals surface area contributed by atoms with Gasteiger partial charge in [0.2, 0.25) is 0 Å². The van der Waals surface area contributed by atoms with Crippen LogP contribution in [0.25, 0.3) is 10.9 Å². The number of hydrogen-bond acceptors (Lipinski definition) is 4. The second-order valence-corrected chi connectivity index (χ2v) is 4.87. The average Bonchev–Trinajstić information content (AvgIpc) is 2.92. The fourth-order valence-corrected chi connectivity index (χ4v) is 2.45. The highest BCUT2D eigenvalue weighted by Gasteiger charge is 2.05. The normalized spacial score (nSPS) is 11.4. The van der Waals surface area contributed by atoms with Gasteiger partial charge in [0.15, 0.2) is 0 Å². The van der Waals surface area contributed by atoms with E-state index < -0.39 is 0 Å². The van der Waals surface area contributed by atoms with Crippen LogP contribution in [0.2, 0.25) is 0 Å². The number of aromatic nitrogens is 2. The predicted octanol–water partition coefficient (Wildman–Crippen LogP) is 2.65. The van der Waals surface area contributed by atoms with E-state index in [1.807, 2.05) is 35.0 Å². The standard InChI is InChI=1S/C14H11N3OS/c1-10-16-13-5-3-2-4-12(13)14(18)17(10)15-8-11-6-7-19-9-11/h2-9H,1H3/b15-8+. The average molecular weight is 269 g/mol. The van der Waals surface area contributed by atoms with E-state index in [2.05, 4.69) is 10.1 Å². The van der Waals surface area contributed by atoms with Crippen LogP contribution >= 0.6 is 11.3 Å². The number of nitrogens with zero attached hydrogens (tertiary/aromatic N) is 3. The summed E-state index contributed by atoms with van der Waals surface area (Å²) in [6, 6.07) is 9.24. The molecule has 0 amide bonds. The zero-order valence-electron chi connectivity index (χ0n) is 10.3. The molecule has 2 heterocycles. The van der Waals surface area contributed by atoms with Gasteiger partial charge in [-0.3, -0.25) is 4.79 Å². The first-order valence-electron chi connectivity index (χ1n) is 5.80. The van der Waals surface area contributed by atoms with Crippen LogP contribution in [0.15, 0.2) is 51.0 Å². The molecule has 4 nitrogen and oxygen atoms in total. The molecule has 0 saturated carbocycles. The van der Waals surface area contributed by atoms with Crippen molar-refractivity contribution in [2.75, 3.05) is 0 Å². The lowest BCUT2D eigenvalue weighted by Crippen LogP contribution is -2.20. The largest absolute Gasteiger partial charge is 0.282 e. The van der Waals surface area contributed by atoms with Crippen molar-refractivity contribution in [2.45, 2.75) is 6.92 Å². The topological polar surface area (TPSA) is 47.2 Å². The molecule has 0 atom stereocenters. The summed E-state index contributed by atoms with van der Waals surface area (Å²) in [5, 5.41) is 8.74. The van der Waals surface area contributed by atoms with Crippen LogP contribution in [0.4, 0.5) is 0 Å². The van der Waals surface area contributed by atoms with Gasteiger partial charge in [-0.05, 0) is 35.9 Å². The molecule has 2 aromatic heterocycles. The van der Waals surface area contributed by atoms with Gasteiger partial charge in [-0.25, -0.2) is 4.98 Å². The SMILES string of the molecule is Cc1nc2ccccc2c(=O)n1/N=C/c1ccsc1. The summed E-state index contributed by atoms with van der Waals surface area (Å²) in [7, 11) is 0. The summed E-state index contributed by atoms with van der Waals surface area (Å²) in [6.07, 6.45) is 1.67. The molecule has 0 saturated heterocycles. The molecule has 19 heavy (non-hydrogen) atoms. The maximum absolute atomic E-state index is 12.3. The first-order valence-corrected chi connectivity index (χ1v) is 6.75. The minimum atomic E-state index is -0.144. The Morgan fingerprint density at radius 3 is 2.95 bits per heavy atom. The smallest absolute Gasteiger partial charge is 0.267 e. The summed E-state index contributed by atoms with van der Waals surface area (Å²) in [6.45, 7) is 1.78. The van der Waals surface area contributed by atoms with Gasteiger partial charge in [-0.15, -0.1) is 0 Å². The van der Waals surface area contributed by atoms with Gasteiger partial charge in [0, 0.05) is 5.56 Å². The van der Waals surface area contributed by atoms with Gasteiger partial charge in [0.1, 0.15) is 5.82 Å². The van der Waals surface area contributed by atoms with E-state index in [0.717, 1.165) is 5.56 Å². The molecule has 3 aromatic rings. The Morgan fingerprint density at radius 1 is 1.32 bits per heavy atom. The van der Waals surface area contributed by atoms with E-state index >= 15 is 0 Å². The number of benzene rings is 1. The minimum Gasteiger partial charge on any atom is -0.267 e. The highest BCUT2D eigenvalue weighted by atomic mass is 32.1. The van der Waals surface area contributed by atoms with Crippen molar-refractivity contribution < 1.29 is 0 Å². The second-order valence-electron chi connectivity index (χ2n) is 4.09. The predicted molar refractivity (Wildman–Crippen MR) is 78.1 cm³/mol. The lowest BCUT2D eigenvalue weighted by Gasteiger charge is -2.04. The van der Waals surface area contributed by atoms with Crippen LogP contribution in [0.3, 0.4) is 0 Å². The number of para-hydroxylation sites is 1. The molecule has 94 valence electrons. The van der Waals surface area contributed by atoms with E-state index in [9.17, 15) is 4.79 Å². The third kappa shape index (κ3) is 2.20. The summed E-state index contributed by atoms with van der Waals surface area (Å²) in [4.78, 5) is 16.7. The molecule has 0 aliphatic carbocycles. The zero-order chi connectivity index (χ0) is 13.2. The van der Waals surface area contributed by atoms with E-state index in [-0.39, 0.29) is 5.56 Å². The lowest BCUT2D eigenvalue weighted by atomic mass is 10.2. The molecule has 0 aliphatic rings. The molecule has 5 heteroatoms. The molecule has 0 spiro atoms. The van der Waals surface area contributed by atoms with Crippen molar-refractivity contribution in [1.82, 2.24) is 9.66 Å². The van der Waals surface area contributed by atoms with E-state index in [4.69, 9.17) is 0 Å². The Morgan fingerprint density at radius 2 is 2.16 bits per heavy atom. The molecule has 0 radical (unpaired) electrons. The number of hydrogen-bond donors (Lipinski definition) is 0. The Bertz CT molecular complexity index is 803. The Kier molecular flexibility index (Phi) is 2.97. The summed E-state index contributed by atoms with van der Waals surface area (Å²) < 4.78 is 1.33. The maximum Gasteiger partial charge on any atom is 0.282 e. The summed E-state index contributed by atoms with van der Waals surface area (Å²) >= 11 is 1.59. The minimum absolute atomic E-state index is 0.144. The molecule has 3 rings (SSSR count). The number of thiophene rings is 1. The van der Waals surface area contributed by atoms with E-state index in [0.29, 0.717) is 16.7 Å². The van der Waals surface area contributed by atoms with Crippen LogP contribution in [-0.2, 0) is 0 Å². The van der Waals surface area contributed by atoms with Crippen molar-refractivity contribution in [3.8, 4) is 0 Å². The van der Waals surface area contributed by atoms with Crippen molar-refractivity contribution >= 4 is 28.5 Å². The van der Waals surface area contributed by atoms with Crippen LogP contribution in [0, 0.1) is 6.92 Å². The molecule has 0 aliphatic heterocycles. The molecule has 1 aromatic carbocycles. The van der Waals surface area contributed by atoms with E-state index in [1.54, 1.807) is 30.5 Å². The van der Waals surface area contributed by atoms with Gasteiger partial charge < -0.3 is 0 Å². The van der Waals surface area contributed by atoms with Crippen LogP contribution in [0.5, 0.6) is 0 Å².